The van der Waals surface area contributed by atoms with E-state index in [4.69, 9.17) is 4.42 Å². The van der Waals surface area contributed by atoms with Crippen LogP contribution in [0, 0.1) is 0 Å². The van der Waals surface area contributed by atoms with Gasteiger partial charge in [-0.25, -0.2) is 0 Å². The molecule has 0 fully saturated rings. The van der Waals surface area contributed by atoms with Crippen molar-refractivity contribution in [2.24, 2.45) is 0 Å². The molecule has 0 N–H and O–H groups in total. The predicted molar refractivity (Wildman–Crippen MR) is 235 cm³/mol. The number of benzene rings is 9. The molecule has 0 saturated carbocycles. The van der Waals surface area contributed by atoms with Gasteiger partial charge in [0.2, 0.25) is 0 Å². The molecule has 0 aliphatic heterocycles. The van der Waals surface area contributed by atoms with Crippen LogP contribution in [0.3, 0.4) is 0 Å². The first kappa shape index (κ1) is 32.2. The van der Waals surface area contributed by atoms with Gasteiger partial charge in [0.15, 0.2) is 0 Å². The van der Waals surface area contributed by atoms with E-state index in [1.165, 1.54) is 77.9 Å². The van der Waals surface area contributed by atoms with Gasteiger partial charge in [0.05, 0.1) is 0 Å². The first-order valence-corrected chi connectivity index (χ1v) is 19.4. The second kappa shape index (κ2) is 13.3. The minimum atomic E-state index is 0.897. The van der Waals surface area contributed by atoms with E-state index in [1.54, 1.807) is 0 Å². The van der Waals surface area contributed by atoms with Crippen molar-refractivity contribution in [3.63, 3.8) is 0 Å². The van der Waals surface area contributed by atoms with Gasteiger partial charge in [-0.15, -0.1) is 0 Å². The lowest BCUT2D eigenvalue weighted by molar-refractivity contribution is 0.670. The molecule has 0 amide bonds. The highest BCUT2D eigenvalue weighted by Gasteiger charge is 2.24. The topological polar surface area (TPSA) is 13.1 Å². The standard InChI is InChI=1S/C55H36O/c1-2-12-36(13-3-1)37-28-30-38(31-29-37)39-14-6-17-42(32-39)45-21-9-24-48-49-25-10-22-46(53(49)35-52(45)48)43-18-7-15-40(33-43)41-16-8-19-44(34-41)47-23-11-26-51-50-20-4-5-27-54(50)56-55(47)51/h1-34H,35H2. The lowest BCUT2D eigenvalue weighted by Gasteiger charge is -2.12. The average molecular weight is 713 g/mol. The summed E-state index contributed by atoms with van der Waals surface area (Å²) in [5, 5.41) is 2.30. The van der Waals surface area contributed by atoms with Gasteiger partial charge < -0.3 is 4.42 Å². The van der Waals surface area contributed by atoms with Crippen LogP contribution >= 0.6 is 0 Å². The monoisotopic (exact) mass is 712 g/mol. The van der Waals surface area contributed by atoms with Gasteiger partial charge in [-0.2, -0.15) is 0 Å². The predicted octanol–water partition coefficient (Wildman–Crippen LogP) is 15.2. The van der Waals surface area contributed by atoms with Gasteiger partial charge in [-0.3, -0.25) is 0 Å². The van der Waals surface area contributed by atoms with E-state index < -0.39 is 0 Å². The van der Waals surface area contributed by atoms with Crippen LogP contribution in [0.15, 0.2) is 211 Å². The third-order valence-corrected chi connectivity index (χ3v) is 11.6. The van der Waals surface area contributed by atoms with Gasteiger partial charge >= 0.3 is 0 Å². The zero-order valence-electron chi connectivity index (χ0n) is 30.7. The lowest BCUT2D eigenvalue weighted by atomic mass is 9.92. The maximum atomic E-state index is 6.41. The Kier molecular flexibility index (Phi) is 7.64. The summed E-state index contributed by atoms with van der Waals surface area (Å²) in [6, 6.07) is 74.8. The second-order valence-corrected chi connectivity index (χ2v) is 14.8. The molecule has 1 aliphatic rings. The summed E-state index contributed by atoms with van der Waals surface area (Å²) >= 11 is 0. The molecule has 262 valence electrons. The zero-order chi connectivity index (χ0) is 37.0. The van der Waals surface area contributed by atoms with Crippen molar-refractivity contribution in [2.75, 3.05) is 0 Å². The van der Waals surface area contributed by atoms with E-state index in [2.05, 4.69) is 194 Å². The Balaban J connectivity index is 0.918. The molecule has 1 aliphatic carbocycles. The first-order chi connectivity index (χ1) is 27.7. The zero-order valence-corrected chi connectivity index (χ0v) is 30.7. The van der Waals surface area contributed by atoms with E-state index in [1.807, 2.05) is 12.1 Å². The molecule has 9 aromatic carbocycles. The molecule has 0 atom stereocenters. The number of furan rings is 1. The van der Waals surface area contributed by atoms with Crippen LogP contribution in [-0.2, 0) is 6.42 Å². The summed E-state index contributed by atoms with van der Waals surface area (Å²) in [6.45, 7) is 0. The normalized spacial score (nSPS) is 11.9. The molecule has 1 heterocycles. The average Bonchev–Trinajstić information content (AvgIpc) is 3.86. The SMILES string of the molecule is c1ccc(-c2ccc(-c3cccc(-c4cccc5c4Cc4c(-c6cccc(-c7cccc(-c8cccc9c8oc8ccccc89)c7)c6)cccc4-5)c3)cc2)cc1. The van der Waals surface area contributed by atoms with Crippen LogP contribution in [0.4, 0.5) is 0 Å². The molecule has 10 aromatic rings. The van der Waals surface area contributed by atoms with E-state index in [-0.39, 0.29) is 0 Å². The smallest absolute Gasteiger partial charge is 0.143 e. The fraction of sp³-hybridized carbons (Fsp3) is 0.0182. The van der Waals surface area contributed by atoms with Crippen LogP contribution < -0.4 is 0 Å². The number of para-hydroxylation sites is 2. The third-order valence-electron chi connectivity index (χ3n) is 11.6. The van der Waals surface area contributed by atoms with Crippen molar-refractivity contribution >= 4 is 21.9 Å². The Hall–Kier alpha value is -7.22. The number of hydrogen-bond donors (Lipinski definition) is 0. The molecule has 56 heavy (non-hydrogen) atoms. The maximum Gasteiger partial charge on any atom is 0.143 e. The number of rotatable bonds is 6. The van der Waals surface area contributed by atoms with Crippen molar-refractivity contribution in [3.8, 4) is 77.9 Å². The van der Waals surface area contributed by atoms with Crippen molar-refractivity contribution in [3.05, 3.63) is 217 Å². The summed E-state index contributed by atoms with van der Waals surface area (Å²) in [5.74, 6) is 0. The summed E-state index contributed by atoms with van der Waals surface area (Å²) in [6.07, 6.45) is 0.897. The molecular weight excluding hydrogens is 677 g/mol. The van der Waals surface area contributed by atoms with Gasteiger partial charge in [0.25, 0.3) is 0 Å². The Morgan fingerprint density at radius 2 is 0.661 bits per heavy atom. The highest BCUT2D eigenvalue weighted by molar-refractivity contribution is 6.09. The Morgan fingerprint density at radius 1 is 0.268 bits per heavy atom. The Morgan fingerprint density at radius 3 is 1.29 bits per heavy atom. The maximum absolute atomic E-state index is 6.41. The third kappa shape index (κ3) is 5.48. The molecule has 0 bridgehead atoms. The lowest BCUT2D eigenvalue weighted by Crippen LogP contribution is -1.91. The minimum absolute atomic E-state index is 0.897. The molecular formula is C55H36O. The first-order valence-electron chi connectivity index (χ1n) is 19.4. The van der Waals surface area contributed by atoms with E-state index in [0.717, 1.165) is 39.5 Å². The summed E-state index contributed by atoms with van der Waals surface area (Å²) in [7, 11) is 0. The highest BCUT2D eigenvalue weighted by Crippen LogP contribution is 2.46. The number of hydrogen-bond acceptors (Lipinski definition) is 1. The summed E-state index contributed by atoms with van der Waals surface area (Å²) in [4.78, 5) is 0. The van der Waals surface area contributed by atoms with Crippen LogP contribution in [0.25, 0.3) is 99.8 Å². The summed E-state index contributed by atoms with van der Waals surface area (Å²) < 4.78 is 6.41. The van der Waals surface area contributed by atoms with Crippen molar-refractivity contribution in [1.82, 2.24) is 0 Å². The van der Waals surface area contributed by atoms with E-state index in [9.17, 15) is 0 Å². The summed E-state index contributed by atoms with van der Waals surface area (Å²) in [5.41, 5.74) is 22.0. The molecule has 1 heteroatoms. The van der Waals surface area contributed by atoms with E-state index in [0.29, 0.717) is 0 Å². The largest absolute Gasteiger partial charge is 0.455 e. The molecule has 0 radical (unpaired) electrons. The van der Waals surface area contributed by atoms with Gasteiger partial charge in [-0.05, 0) is 114 Å². The second-order valence-electron chi connectivity index (χ2n) is 14.8. The quantitative estimate of drug-likeness (QED) is 0.167. The minimum Gasteiger partial charge on any atom is -0.455 e. The van der Waals surface area contributed by atoms with Crippen molar-refractivity contribution in [2.45, 2.75) is 6.42 Å². The van der Waals surface area contributed by atoms with Gasteiger partial charge in [0, 0.05) is 16.3 Å². The Labute approximate surface area is 326 Å². The van der Waals surface area contributed by atoms with Gasteiger partial charge in [0.1, 0.15) is 11.2 Å². The molecule has 1 aromatic heterocycles. The molecule has 0 saturated heterocycles. The van der Waals surface area contributed by atoms with E-state index >= 15 is 0 Å². The Bertz CT molecular complexity index is 3090. The van der Waals surface area contributed by atoms with Crippen LogP contribution in [0.1, 0.15) is 11.1 Å². The molecule has 0 spiro atoms. The molecule has 1 nitrogen and oxygen atoms in total. The van der Waals surface area contributed by atoms with Crippen molar-refractivity contribution in [1.29, 1.82) is 0 Å². The van der Waals surface area contributed by atoms with Gasteiger partial charge in [-0.1, -0.05) is 182 Å². The van der Waals surface area contributed by atoms with Crippen LogP contribution in [0.2, 0.25) is 0 Å². The fourth-order valence-electron chi connectivity index (χ4n) is 8.84. The fourth-order valence-corrected chi connectivity index (χ4v) is 8.84. The molecule has 11 rings (SSSR count). The highest BCUT2D eigenvalue weighted by atomic mass is 16.3. The molecule has 0 unspecified atom stereocenters. The van der Waals surface area contributed by atoms with Crippen molar-refractivity contribution < 1.29 is 4.42 Å². The number of fused-ring (bicyclic) bond motifs is 6. The van der Waals surface area contributed by atoms with Crippen LogP contribution in [-0.4, -0.2) is 0 Å². The van der Waals surface area contributed by atoms with Crippen LogP contribution in [0.5, 0.6) is 0 Å².